The molecule has 1 heterocycles. The third-order valence-corrected chi connectivity index (χ3v) is 2.75. The van der Waals surface area contributed by atoms with Crippen LogP contribution in [0.2, 0.25) is 0 Å². The van der Waals surface area contributed by atoms with Gasteiger partial charge in [-0.15, -0.1) is 11.6 Å². The molecule has 0 bridgehead atoms. The second kappa shape index (κ2) is 5.79. The van der Waals surface area contributed by atoms with Crippen LogP contribution in [0.15, 0.2) is 0 Å². The Hall–Kier alpha value is 0.210. The molecule has 0 aromatic rings. The molecular weight excluding hydrogens is 174 g/mol. The third kappa shape index (κ3) is 3.74. The minimum atomic E-state index is -0.331. The van der Waals surface area contributed by atoms with Gasteiger partial charge in [-0.2, -0.15) is 0 Å². The van der Waals surface area contributed by atoms with Crippen molar-refractivity contribution < 1.29 is 5.11 Å². The van der Waals surface area contributed by atoms with E-state index < -0.39 is 0 Å². The fourth-order valence-electron chi connectivity index (χ4n) is 1.69. The molecule has 1 fully saturated rings. The van der Waals surface area contributed by atoms with Crippen LogP contribution >= 0.6 is 11.6 Å². The normalized spacial score (nSPS) is 28.0. The molecule has 0 aromatic carbocycles. The fraction of sp³-hybridized carbons (Fsp3) is 1.00. The standard InChI is InChI=1S/C9H18ClNO/c10-7-9(12)6-8-4-2-1-3-5-11-8/h8-9,11-12H,1-7H2. The molecule has 1 aliphatic rings. The maximum atomic E-state index is 9.33. The maximum absolute atomic E-state index is 9.33. The molecule has 0 spiro atoms. The molecule has 0 aromatic heterocycles. The molecule has 1 rings (SSSR count). The van der Waals surface area contributed by atoms with Crippen molar-refractivity contribution in [2.24, 2.45) is 0 Å². The number of hydrogen-bond acceptors (Lipinski definition) is 2. The quantitative estimate of drug-likeness (QED) is 0.663. The molecule has 1 saturated heterocycles. The number of nitrogens with one attached hydrogen (secondary N) is 1. The van der Waals surface area contributed by atoms with Crippen molar-refractivity contribution in [3.63, 3.8) is 0 Å². The summed E-state index contributed by atoms with van der Waals surface area (Å²) in [5.74, 6) is 0.359. The van der Waals surface area contributed by atoms with Gasteiger partial charge in [0.05, 0.1) is 6.10 Å². The lowest BCUT2D eigenvalue weighted by molar-refractivity contribution is 0.170. The number of aliphatic hydroxyl groups excluding tert-OH is 1. The number of aliphatic hydroxyl groups is 1. The number of halogens is 1. The predicted octanol–water partition coefficient (Wildman–Crippen LogP) is 1.51. The van der Waals surface area contributed by atoms with Gasteiger partial charge in [-0.3, -0.25) is 0 Å². The molecule has 0 saturated carbocycles. The molecule has 72 valence electrons. The molecular formula is C9H18ClNO. The van der Waals surface area contributed by atoms with E-state index in [1.54, 1.807) is 0 Å². The van der Waals surface area contributed by atoms with Gasteiger partial charge in [0.25, 0.3) is 0 Å². The number of hydrogen-bond donors (Lipinski definition) is 2. The highest BCUT2D eigenvalue weighted by atomic mass is 35.5. The molecule has 2 N–H and O–H groups in total. The minimum Gasteiger partial charge on any atom is -0.392 e. The Labute approximate surface area is 79.3 Å². The van der Waals surface area contributed by atoms with Crippen LogP contribution in [-0.4, -0.2) is 29.7 Å². The van der Waals surface area contributed by atoms with Gasteiger partial charge in [0.15, 0.2) is 0 Å². The van der Waals surface area contributed by atoms with Crippen molar-refractivity contribution in [2.75, 3.05) is 12.4 Å². The van der Waals surface area contributed by atoms with Crippen molar-refractivity contribution in [3.8, 4) is 0 Å². The summed E-state index contributed by atoms with van der Waals surface area (Å²) in [7, 11) is 0. The van der Waals surface area contributed by atoms with Crippen molar-refractivity contribution >= 4 is 11.6 Å². The van der Waals surface area contributed by atoms with E-state index in [1.807, 2.05) is 0 Å². The van der Waals surface area contributed by atoms with E-state index in [0.717, 1.165) is 13.0 Å². The van der Waals surface area contributed by atoms with Gasteiger partial charge in [-0.05, 0) is 25.8 Å². The average Bonchev–Trinajstić information content (AvgIpc) is 2.33. The van der Waals surface area contributed by atoms with E-state index in [0.29, 0.717) is 11.9 Å². The maximum Gasteiger partial charge on any atom is 0.0690 e. The first-order valence-electron chi connectivity index (χ1n) is 4.80. The molecule has 3 heteroatoms. The third-order valence-electron chi connectivity index (χ3n) is 2.40. The summed E-state index contributed by atoms with van der Waals surface area (Å²) in [5.41, 5.74) is 0. The van der Waals surface area contributed by atoms with Crippen LogP contribution in [0.25, 0.3) is 0 Å². The van der Waals surface area contributed by atoms with Crippen LogP contribution in [0, 0.1) is 0 Å². The predicted molar refractivity (Wildman–Crippen MR) is 51.6 cm³/mol. The van der Waals surface area contributed by atoms with Crippen LogP contribution in [0.5, 0.6) is 0 Å². The lowest BCUT2D eigenvalue weighted by atomic mass is 10.1. The highest BCUT2D eigenvalue weighted by Crippen LogP contribution is 2.12. The summed E-state index contributed by atoms with van der Waals surface area (Å²) in [6.45, 7) is 1.10. The van der Waals surface area contributed by atoms with E-state index in [2.05, 4.69) is 5.32 Å². The first-order chi connectivity index (χ1) is 5.83. The number of rotatable bonds is 3. The lowest BCUT2D eigenvalue weighted by Crippen LogP contribution is -2.32. The fourth-order valence-corrected chi connectivity index (χ4v) is 1.82. The highest BCUT2D eigenvalue weighted by Gasteiger charge is 2.14. The first kappa shape index (κ1) is 10.3. The molecule has 2 atom stereocenters. The summed E-state index contributed by atoms with van der Waals surface area (Å²) in [4.78, 5) is 0. The van der Waals surface area contributed by atoms with E-state index in [4.69, 9.17) is 11.6 Å². The number of alkyl halides is 1. The van der Waals surface area contributed by atoms with Gasteiger partial charge in [0, 0.05) is 11.9 Å². The van der Waals surface area contributed by atoms with Crippen LogP contribution < -0.4 is 5.32 Å². The summed E-state index contributed by atoms with van der Waals surface area (Å²) < 4.78 is 0. The van der Waals surface area contributed by atoms with Gasteiger partial charge in [0.1, 0.15) is 0 Å². The van der Waals surface area contributed by atoms with Crippen LogP contribution in [-0.2, 0) is 0 Å². The van der Waals surface area contributed by atoms with Gasteiger partial charge >= 0.3 is 0 Å². The summed E-state index contributed by atoms with van der Waals surface area (Å²) in [5, 5.41) is 12.8. The molecule has 2 unspecified atom stereocenters. The van der Waals surface area contributed by atoms with Gasteiger partial charge in [-0.25, -0.2) is 0 Å². The molecule has 0 amide bonds. The summed E-state index contributed by atoms with van der Waals surface area (Å²) in [6.07, 6.45) is 5.54. The molecule has 0 aliphatic carbocycles. The highest BCUT2D eigenvalue weighted by molar-refractivity contribution is 6.18. The van der Waals surface area contributed by atoms with E-state index >= 15 is 0 Å². The molecule has 1 aliphatic heterocycles. The Morgan fingerprint density at radius 1 is 1.42 bits per heavy atom. The Bertz CT molecular complexity index is 113. The van der Waals surface area contributed by atoms with E-state index in [1.165, 1.54) is 25.7 Å². The second-order valence-corrected chi connectivity index (χ2v) is 3.85. The van der Waals surface area contributed by atoms with E-state index in [9.17, 15) is 5.11 Å². The van der Waals surface area contributed by atoms with Crippen molar-refractivity contribution in [2.45, 2.75) is 44.2 Å². The minimum absolute atomic E-state index is 0.331. The Balaban J connectivity index is 2.20. The SMILES string of the molecule is OC(CCl)CC1CCCCCN1. The molecule has 2 nitrogen and oxygen atoms in total. The van der Waals surface area contributed by atoms with Crippen LogP contribution in [0.4, 0.5) is 0 Å². The zero-order valence-corrected chi connectivity index (χ0v) is 8.19. The second-order valence-electron chi connectivity index (χ2n) is 3.54. The van der Waals surface area contributed by atoms with Gasteiger partial charge < -0.3 is 10.4 Å². The zero-order chi connectivity index (χ0) is 8.81. The Kier molecular flexibility index (Phi) is 4.96. The Morgan fingerprint density at radius 2 is 2.25 bits per heavy atom. The van der Waals surface area contributed by atoms with Crippen molar-refractivity contribution in [1.29, 1.82) is 0 Å². The Morgan fingerprint density at radius 3 is 3.00 bits per heavy atom. The van der Waals surface area contributed by atoms with Crippen LogP contribution in [0.1, 0.15) is 32.1 Å². The summed E-state index contributed by atoms with van der Waals surface area (Å²) >= 11 is 5.53. The average molecular weight is 192 g/mol. The molecule has 0 radical (unpaired) electrons. The zero-order valence-electron chi connectivity index (χ0n) is 7.43. The topological polar surface area (TPSA) is 32.3 Å². The van der Waals surface area contributed by atoms with Crippen molar-refractivity contribution in [1.82, 2.24) is 5.32 Å². The smallest absolute Gasteiger partial charge is 0.0690 e. The summed E-state index contributed by atoms with van der Waals surface area (Å²) in [6, 6.07) is 0.487. The van der Waals surface area contributed by atoms with Crippen molar-refractivity contribution in [3.05, 3.63) is 0 Å². The molecule has 12 heavy (non-hydrogen) atoms. The van der Waals surface area contributed by atoms with E-state index in [-0.39, 0.29) is 6.10 Å². The van der Waals surface area contributed by atoms with Crippen LogP contribution in [0.3, 0.4) is 0 Å². The first-order valence-corrected chi connectivity index (χ1v) is 5.34. The lowest BCUT2D eigenvalue weighted by Gasteiger charge is -2.17. The largest absolute Gasteiger partial charge is 0.392 e. The van der Waals surface area contributed by atoms with Gasteiger partial charge in [-0.1, -0.05) is 12.8 Å². The monoisotopic (exact) mass is 191 g/mol. The van der Waals surface area contributed by atoms with Gasteiger partial charge in [0.2, 0.25) is 0 Å².